The van der Waals surface area contributed by atoms with Crippen LogP contribution in [-0.2, 0) is 14.3 Å². The van der Waals surface area contributed by atoms with Crippen molar-refractivity contribution in [2.75, 3.05) is 30.4 Å². The molecule has 1 aliphatic heterocycles. The molecule has 90 valence electrons. The lowest BCUT2D eigenvalue weighted by atomic mass is 10.2. The van der Waals surface area contributed by atoms with E-state index in [1.54, 1.807) is 6.07 Å². The lowest BCUT2D eigenvalue weighted by Gasteiger charge is -2.29. The Hall–Kier alpha value is -2.11. The molecule has 2 rings (SSSR count). The number of hydrogen-bond acceptors (Lipinski definition) is 4. The summed E-state index contributed by atoms with van der Waals surface area (Å²) in [5.41, 5.74) is 0.586. The molecule has 0 saturated heterocycles. The molecule has 1 aliphatic rings. The molecule has 0 aliphatic carbocycles. The molecule has 0 saturated carbocycles. The van der Waals surface area contributed by atoms with Gasteiger partial charge in [-0.05, 0) is 12.1 Å². The van der Waals surface area contributed by atoms with Gasteiger partial charge in [0.05, 0.1) is 25.0 Å². The van der Waals surface area contributed by atoms with Crippen molar-refractivity contribution in [2.45, 2.75) is 0 Å². The van der Waals surface area contributed by atoms with Gasteiger partial charge in [0.1, 0.15) is 12.4 Å². The van der Waals surface area contributed by atoms with Gasteiger partial charge in [-0.1, -0.05) is 6.07 Å². The Morgan fingerprint density at radius 2 is 2.35 bits per heavy atom. The van der Waals surface area contributed by atoms with Gasteiger partial charge in [0.15, 0.2) is 0 Å². The monoisotopic (exact) mass is 238 g/mol. The molecule has 1 aromatic rings. The fourth-order valence-electron chi connectivity index (χ4n) is 1.67. The summed E-state index contributed by atoms with van der Waals surface area (Å²) < 4.78 is 18.0. The van der Waals surface area contributed by atoms with Crippen molar-refractivity contribution < 1.29 is 18.7 Å². The van der Waals surface area contributed by atoms with Gasteiger partial charge < -0.3 is 10.1 Å². The summed E-state index contributed by atoms with van der Waals surface area (Å²) in [6, 6.07) is 4.35. The molecule has 1 aromatic carbocycles. The van der Waals surface area contributed by atoms with E-state index >= 15 is 0 Å². The third-order valence-electron chi connectivity index (χ3n) is 2.51. The third-order valence-corrected chi connectivity index (χ3v) is 2.51. The molecule has 1 heterocycles. The smallest absolute Gasteiger partial charge is 0.325 e. The highest BCUT2D eigenvalue weighted by Crippen LogP contribution is 2.31. The number of halogens is 1. The van der Waals surface area contributed by atoms with Crippen molar-refractivity contribution in [3.8, 4) is 0 Å². The van der Waals surface area contributed by atoms with E-state index in [0.29, 0.717) is 5.69 Å². The molecule has 0 atom stereocenters. The zero-order valence-corrected chi connectivity index (χ0v) is 9.20. The number of rotatable bonds is 2. The van der Waals surface area contributed by atoms with Gasteiger partial charge in [-0.2, -0.15) is 0 Å². The molecule has 0 bridgehead atoms. The molecule has 0 unspecified atom stereocenters. The average molecular weight is 238 g/mol. The quantitative estimate of drug-likeness (QED) is 0.773. The fraction of sp³-hybridized carbons (Fsp3) is 0.273. The van der Waals surface area contributed by atoms with E-state index in [2.05, 4.69) is 10.1 Å². The maximum atomic E-state index is 13.5. The number of fused-ring (bicyclic) bond motifs is 1. The number of carbonyl (C=O) groups is 2. The lowest BCUT2D eigenvalue weighted by molar-refractivity contribution is -0.140. The van der Waals surface area contributed by atoms with Gasteiger partial charge in [0.2, 0.25) is 5.91 Å². The molecular weight excluding hydrogens is 227 g/mol. The number of nitrogens with one attached hydrogen (secondary N) is 1. The van der Waals surface area contributed by atoms with Crippen LogP contribution in [0.15, 0.2) is 18.2 Å². The molecule has 0 spiro atoms. The number of carbonyl (C=O) groups excluding carboxylic acids is 2. The SMILES string of the molecule is COC(=O)CN1C(=O)CNc2c(F)cccc21. The molecule has 0 radical (unpaired) electrons. The van der Waals surface area contributed by atoms with Crippen LogP contribution in [0.2, 0.25) is 0 Å². The minimum Gasteiger partial charge on any atom is -0.468 e. The molecule has 1 amide bonds. The van der Waals surface area contributed by atoms with Crippen LogP contribution in [0.4, 0.5) is 15.8 Å². The topological polar surface area (TPSA) is 58.6 Å². The first-order chi connectivity index (χ1) is 8.13. The predicted molar refractivity (Wildman–Crippen MR) is 59.3 cm³/mol. The van der Waals surface area contributed by atoms with Gasteiger partial charge in [0, 0.05) is 0 Å². The Bertz CT molecular complexity index is 476. The summed E-state index contributed by atoms with van der Waals surface area (Å²) in [6.07, 6.45) is 0. The number of esters is 1. The second-order valence-electron chi connectivity index (χ2n) is 3.54. The van der Waals surface area contributed by atoms with E-state index in [0.717, 1.165) is 0 Å². The summed E-state index contributed by atoms with van der Waals surface area (Å²) >= 11 is 0. The normalized spacial score (nSPS) is 14.0. The largest absolute Gasteiger partial charge is 0.468 e. The first-order valence-electron chi connectivity index (χ1n) is 5.03. The van der Waals surface area contributed by atoms with Crippen molar-refractivity contribution in [1.29, 1.82) is 0 Å². The molecular formula is C11H11FN2O3. The Labute approximate surface area is 97.2 Å². The maximum absolute atomic E-state index is 13.5. The Morgan fingerprint density at radius 3 is 3.06 bits per heavy atom. The number of benzene rings is 1. The van der Waals surface area contributed by atoms with Crippen LogP contribution >= 0.6 is 0 Å². The highest BCUT2D eigenvalue weighted by molar-refractivity contribution is 6.05. The second-order valence-corrected chi connectivity index (χ2v) is 3.54. The highest BCUT2D eigenvalue weighted by atomic mass is 19.1. The second kappa shape index (κ2) is 4.40. The average Bonchev–Trinajstić information content (AvgIpc) is 2.33. The number of methoxy groups -OCH3 is 1. The van der Waals surface area contributed by atoms with Gasteiger partial charge in [0.25, 0.3) is 0 Å². The number of hydrogen-bond donors (Lipinski definition) is 1. The first kappa shape index (κ1) is 11.4. The van der Waals surface area contributed by atoms with Gasteiger partial charge >= 0.3 is 5.97 Å². The van der Waals surface area contributed by atoms with Crippen molar-refractivity contribution in [3.05, 3.63) is 24.0 Å². The van der Waals surface area contributed by atoms with Crippen LogP contribution < -0.4 is 10.2 Å². The van der Waals surface area contributed by atoms with Gasteiger partial charge in [-0.15, -0.1) is 0 Å². The van der Waals surface area contributed by atoms with E-state index in [1.807, 2.05) is 0 Å². The van der Waals surface area contributed by atoms with Crippen molar-refractivity contribution >= 4 is 23.3 Å². The number of nitrogens with zero attached hydrogens (tertiary/aromatic N) is 1. The maximum Gasteiger partial charge on any atom is 0.325 e. The number of ether oxygens (including phenoxy) is 1. The van der Waals surface area contributed by atoms with Crippen LogP contribution in [0.1, 0.15) is 0 Å². The summed E-state index contributed by atoms with van der Waals surface area (Å²) in [6.45, 7) is -0.252. The van der Waals surface area contributed by atoms with Gasteiger partial charge in [-0.25, -0.2) is 4.39 Å². The molecule has 1 N–H and O–H groups in total. The Kier molecular flexibility index (Phi) is 2.95. The van der Waals surface area contributed by atoms with Crippen LogP contribution in [0, 0.1) is 5.82 Å². The van der Waals surface area contributed by atoms with Crippen LogP contribution in [0.3, 0.4) is 0 Å². The Morgan fingerprint density at radius 1 is 1.59 bits per heavy atom. The number of para-hydroxylation sites is 1. The highest BCUT2D eigenvalue weighted by Gasteiger charge is 2.27. The zero-order valence-electron chi connectivity index (χ0n) is 9.20. The summed E-state index contributed by atoms with van der Waals surface area (Å²) in [7, 11) is 1.24. The minimum absolute atomic E-state index is 0.0368. The summed E-state index contributed by atoms with van der Waals surface area (Å²) in [4.78, 5) is 24.1. The molecule has 5 nitrogen and oxygen atoms in total. The zero-order chi connectivity index (χ0) is 12.4. The molecule has 0 aromatic heterocycles. The lowest BCUT2D eigenvalue weighted by Crippen LogP contribution is -2.43. The first-order valence-corrected chi connectivity index (χ1v) is 5.03. The molecule has 6 heteroatoms. The van der Waals surface area contributed by atoms with Crippen LogP contribution in [0.5, 0.6) is 0 Å². The van der Waals surface area contributed by atoms with E-state index in [4.69, 9.17) is 0 Å². The number of amides is 1. The molecule has 0 fully saturated rings. The van der Waals surface area contributed by atoms with Crippen LogP contribution in [0.25, 0.3) is 0 Å². The van der Waals surface area contributed by atoms with Crippen molar-refractivity contribution in [1.82, 2.24) is 0 Å². The van der Waals surface area contributed by atoms with E-state index in [-0.39, 0.29) is 24.7 Å². The van der Waals surface area contributed by atoms with Crippen molar-refractivity contribution in [2.24, 2.45) is 0 Å². The Balaban J connectivity index is 2.37. The van der Waals surface area contributed by atoms with E-state index in [1.165, 1.54) is 24.1 Å². The van der Waals surface area contributed by atoms with E-state index < -0.39 is 11.8 Å². The summed E-state index contributed by atoms with van der Waals surface area (Å²) in [5, 5.41) is 2.68. The van der Waals surface area contributed by atoms with Gasteiger partial charge in [-0.3, -0.25) is 14.5 Å². The summed E-state index contributed by atoms with van der Waals surface area (Å²) in [5.74, 6) is -1.30. The van der Waals surface area contributed by atoms with E-state index in [9.17, 15) is 14.0 Å². The third kappa shape index (κ3) is 2.06. The fourth-order valence-corrected chi connectivity index (χ4v) is 1.67. The minimum atomic E-state index is -0.546. The predicted octanol–water partition coefficient (Wildman–Crippen LogP) is 0.757. The number of anilines is 2. The van der Waals surface area contributed by atoms with Crippen molar-refractivity contribution in [3.63, 3.8) is 0 Å². The molecule has 17 heavy (non-hydrogen) atoms. The van der Waals surface area contributed by atoms with Crippen LogP contribution in [-0.4, -0.2) is 32.1 Å². The standard InChI is InChI=1S/C11H11FN2O3/c1-17-10(16)6-14-8-4-2-3-7(12)11(8)13-5-9(14)15/h2-4,13H,5-6H2,1H3.